The fourth-order valence-electron chi connectivity index (χ4n) is 1.76. The van der Waals surface area contributed by atoms with Gasteiger partial charge in [0.25, 0.3) is 0 Å². The van der Waals surface area contributed by atoms with Gasteiger partial charge in [-0.1, -0.05) is 18.5 Å². The highest BCUT2D eigenvalue weighted by atomic mass is 35.5. The topological polar surface area (TPSA) is 42.2 Å². The maximum atomic E-state index is 8.71. The van der Waals surface area contributed by atoms with Gasteiger partial charge in [0.15, 0.2) is 11.5 Å². The summed E-state index contributed by atoms with van der Waals surface area (Å²) in [6, 6.07) is 3.91. The first-order valence-corrected chi connectivity index (χ1v) is 5.12. The summed E-state index contributed by atoms with van der Waals surface area (Å²) in [6.45, 7) is 2.23. The first kappa shape index (κ1) is 10.1. The molecular weight excluding hydrogens is 214 g/mol. The highest BCUT2D eigenvalue weighted by Gasteiger charge is 2.23. The third-order valence-corrected chi connectivity index (χ3v) is 2.70. The van der Waals surface area contributed by atoms with Gasteiger partial charge in [-0.2, -0.15) is 5.26 Å². The molecule has 0 saturated carbocycles. The Labute approximate surface area is 93.2 Å². The minimum absolute atomic E-state index is 0.206. The van der Waals surface area contributed by atoms with Crippen molar-refractivity contribution < 1.29 is 9.47 Å². The smallest absolute Gasteiger partial charge is 0.231 e. The van der Waals surface area contributed by atoms with Gasteiger partial charge < -0.3 is 9.47 Å². The van der Waals surface area contributed by atoms with E-state index in [0.717, 1.165) is 17.5 Å². The summed E-state index contributed by atoms with van der Waals surface area (Å²) < 4.78 is 10.6. The molecule has 0 N–H and O–H groups in total. The molecule has 0 radical (unpaired) electrons. The van der Waals surface area contributed by atoms with Crippen molar-refractivity contribution >= 4 is 11.6 Å². The van der Waals surface area contributed by atoms with E-state index < -0.39 is 0 Å². The maximum Gasteiger partial charge on any atom is 0.231 e. The molecule has 1 aromatic carbocycles. The minimum atomic E-state index is 0.206. The number of nitrogens with zero attached hydrogens (tertiary/aromatic N) is 1. The number of halogens is 1. The molecular formula is C11H10ClNO2. The summed E-state index contributed by atoms with van der Waals surface area (Å²) in [5.41, 5.74) is 1.95. The van der Waals surface area contributed by atoms with Crippen LogP contribution in [0.1, 0.15) is 18.1 Å². The van der Waals surface area contributed by atoms with E-state index in [1.807, 2.05) is 6.92 Å². The van der Waals surface area contributed by atoms with Crippen molar-refractivity contribution in [3.8, 4) is 17.6 Å². The summed E-state index contributed by atoms with van der Waals surface area (Å²) in [7, 11) is 0. The molecule has 1 aromatic rings. The molecule has 0 atom stereocenters. The normalized spacial score (nSPS) is 12.6. The molecule has 15 heavy (non-hydrogen) atoms. The Morgan fingerprint density at radius 1 is 1.47 bits per heavy atom. The molecule has 4 heteroatoms. The molecule has 78 valence electrons. The van der Waals surface area contributed by atoms with E-state index in [0.29, 0.717) is 22.9 Å². The van der Waals surface area contributed by atoms with Crippen molar-refractivity contribution in [3.63, 3.8) is 0 Å². The number of hydrogen-bond donors (Lipinski definition) is 0. The van der Waals surface area contributed by atoms with Crippen molar-refractivity contribution in [2.75, 3.05) is 6.79 Å². The van der Waals surface area contributed by atoms with Crippen LogP contribution >= 0.6 is 11.6 Å². The standard InChI is InChI=1S/C11H10ClNO2/c1-2-8-7(3-4-13)5-9(12)11-10(8)14-6-15-11/h5H,2-3,6H2,1H3. The number of fused-ring (bicyclic) bond motifs is 1. The number of benzene rings is 1. The number of nitriles is 1. The highest BCUT2D eigenvalue weighted by Crippen LogP contribution is 2.43. The van der Waals surface area contributed by atoms with Crippen LogP contribution in [-0.2, 0) is 12.8 Å². The molecule has 0 aromatic heterocycles. The molecule has 1 aliphatic heterocycles. The second-order valence-electron chi connectivity index (χ2n) is 3.25. The molecule has 0 aliphatic carbocycles. The summed E-state index contributed by atoms with van der Waals surface area (Å²) in [6.07, 6.45) is 1.15. The van der Waals surface area contributed by atoms with Crippen LogP contribution in [0.3, 0.4) is 0 Å². The van der Waals surface area contributed by atoms with E-state index in [4.69, 9.17) is 26.3 Å². The summed E-state index contributed by atoms with van der Waals surface area (Å²) in [5, 5.41) is 9.23. The third-order valence-electron chi connectivity index (χ3n) is 2.42. The zero-order valence-corrected chi connectivity index (χ0v) is 9.10. The second kappa shape index (κ2) is 4.00. The van der Waals surface area contributed by atoms with Gasteiger partial charge >= 0.3 is 0 Å². The van der Waals surface area contributed by atoms with Gasteiger partial charge in [0.2, 0.25) is 6.79 Å². The van der Waals surface area contributed by atoms with E-state index in [2.05, 4.69) is 6.07 Å². The Bertz CT molecular complexity index is 437. The molecule has 3 nitrogen and oxygen atoms in total. The van der Waals surface area contributed by atoms with Crippen LogP contribution in [0, 0.1) is 11.3 Å². The molecule has 0 spiro atoms. The third kappa shape index (κ3) is 1.62. The van der Waals surface area contributed by atoms with Crippen LogP contribution in [0.4, 0.5) is 0 Å². The quantitative estimate of drug-likeness (QED) is 0.774. The van der Waals surface area contributed by atoms with Crippen LogP contribution < -0.4 is 9.47 Å². The van der Waals surface area contributed by atoms with E-state index in [1.165, 1.54) is 0 Å². The van der Waals surface area contributed by atoms with E-state index >= 15 is 0 Å². The van der Waals surface area contributed by atoms with Crippen molar-refractivity contribution in [2.45, 2.75) is 19.8 Å². The minimum Gasteiger partial charge on any atom is -0.453 e. The molecule has 0 fully saturated rings. The fraction of sp³-hybridized carbons (Fsp3) is 0.364. The molecule has 0 saturated heterocycles. The second-order valence-corrected chi connectivity index (χ2v) is 3.66. The monoisotopic (exact) mass is 223 g/mol. The lowest BCUT2D eigenvalue weighted by molar-refractivity contribution is 0.173. The van der Waals surface area contributed by atoms with E-state index in [1.54, 1.807) is 6.07 Å². The van der Waals surface area contributed by atoms with E-state index in [-0.39, 0.29) is 6.79 Å². The van der Waals surface area contributed by atoms with Gasteiger partial charge in [0.1, 0.15) is 0 Å². The first-order chi connectivity index (χ1) is 7.27. The highest BCUT2D eigenvalue weighted by molar-refractivity contribution is 6.32. The number of rotatable bonds is 2. The molecule has 0 unspecified atom stereocenters. The van der Waals surface area contributed by atoms with Gasteiger partial charge in [-0.05, 0) is 18.1 Å². The maximum absolute atomic E-state index is 8.71. The van der Waals surface area contributed by atoms with Crippen LogP contribution in [-0.4, -0.2) is 6.79 Å². The van der Waals surface area contributed by atoms with Crippen LogP contribution in [0.25, 0.3) is 0 Å². The lowest BCUT2D eigenvalue weighted by atomic mass is 10.0. The van der Waals surface area contributed by atoms with Crippen LogP contribution in [0.2, 0.25) is 5.02 Å². The van der Waals surface area contributed by atoms with Gasteiger partial charge in [0.05, 0.1) is 17.5 Å². The lowest BCUT2D eigenvalue weighted by Gasteiger charge is -2.09. The SMILES string of the molecule is CCc1c(CC#N)cc(Cl)c2c1OCO2. The average molecular weight is 224 g/mol. The number of hydrogen-bond acceptors (Lipinski definition) is 3. The zero-order valence-electron chi connectivity index (χ0n) is 8.34. The Hall–Kier alpha value is -1.40. The molecule has 0 amide bonds. The fourth-order valence-corrected chi connectivity index (χ4v) is 2.03. The lowest BCUT2D eigenvalue weighted by Crippen LogP contribution is -1.96. The predicted octanol–water partition coefficient (Wildman–Crippen LogP) is 2.70. The van der Waals surface area contributed by atoms with E-state index in [9.17, 15) is 0 Å². The Kier molecular flexibility index (Phi) is 2.70. The summed E-state index contributed by atoms with van der Waals surface area (Å²) in [5.74, 6) is 1.31. The van der Waals surface area contributed by atoms with Crippen molar-refractivity contribution in [1.82, 2.24) is 0 Å². The Morgan fingerprint density at radius 3 is 2.87 bits per heavy atom. The largest absolute Gasteiger partial charge is 0.453 e. The number of ether oxygens (including phenoxy) is 2. The average Bonchev–Trinajstić information content (AvgIpc) is 2.68. The summed E-state index contributed by atoms with van der Waals surface area (Å²) in [4.78, 5) is 0. The predicted molar refractivity (Wildman–Crippen MR) is 56.3 cm³/mol. The van der Waals surface area contributed by atoms with Crippen molar-refractivity contribution in [3.05, 3.63) is 22.2 Å². The van der Waals surface area contributed by atoms with Crippen LogP contribution in [0.15, 0.2) is 6.07 Å². The van der Waals surface area contributed by atoms with Gasteiger partial charge in [-0.25, -0.2) is 0 Å². The molecule has 1 aliphatic rings. The Morgan fingerprint density at radius 2 is 2.20 bits per heavy atom. The molecule has 0 bridgehead atoms. The molecule has 2 rings (SSSR count). The van der Waals surface area contributed by atoms with Gasteiger partial charge in [0, 0.05) is 5.56 Å². The van der Waals surface area contributed by atoms with Crippen molar-refractivity contribution in [1.29, 1.82) is 5.26 Å². The van der Waals surface area contributed by atoms with Crippen LogP contribution in [0.5, 0.6) is 11.5 Å². The first-order valence-electron chi connectivity index (χ1n) is 4.74. The summed E-state index contributed by atoms with van der Waals surface area (Å²) >= 11 is 6.03. The van der Waals surface area contributed by atoms with Gasteiger partial charge in [-0.3, -0.25) is 0 Å². The van der Waals surface area contributed by atoms with Crippen molar-refractivity contribution in [2.24, 2.45) is 0 Å². The molecule has 1 heterocycles. The van der Waals surface area contributed by atoms with Gasteiger partial charge in [-0.15, -0.1) is 0 Å². The zero-order chi connectivity index (χ0) is 10.8. The Balaban J connectivity index is 2.59.